The average Bonchev–Trinajstić information content (AvgIpc) is 2.97. The first-order valence-electron chi connectivity index (χ1n) is 7.86. The topological polar surface area (TPSA) is 97.7 Å². The molecule has 8 nitrogen and oxygen atoms in total. The molecule has 1 fully saturated rings. The Hall–Kier alpha value is -1.87. The summed E-state index contributed by atoms with van der Waals surface area (Å²) in [5, 5.41) is 0. The van der Waals surface area contributed by atoms with Gasteiger partial charge in [-0.25, -0.2) is 13.1 Å². The van der Waals surface area contributed by atoms with Gasteiger partial charge < -0.3 is 14.2 Å². The standard InChI is InChI=1S/C15H23N3O5S/c1-4-23-15(20)11-6-5-7-18(9-11)14(19)13-8-12(10-17(13)3)24(21,22)16-2/h8,10-11,16H,4-7,9H2,1-3H3. The molecule has 9 heteroatoms. The molecule has 0 radical (unpaired) electrons. The van der Waals surface area contributed by atoms with E-state index in [1.807, 2.05) is 0 Å². The number of hydrogen-bond acceptors (Lipinski definition) is 5. The molecule has 134 valence electrons. The fourth-order valence-electron chi connectivity index (χ4n) is 2.79. The zero-order valence-corrected chi connectivity index (χ0v) is 14.9. The zero-order chi connectivity index (χ0) is 17.9. The van der Waals surface area contributed by atoms with E-state index >= 15 is 0 Å². The van der Waals surface area contributed by atoms with Crippen molar-refractivity contribution in [3.05, 3.63) is 18.0 Å². The van der Waals surface area contributed by atoms with E-state index in [9.17, 15) is 18.0 Å². The molecule has 0 aromatic carbocycles. The average molecular weight is 357 g/mol. The van der Waals surface area contributed by atoms with E-state index in [-0.39, 0.29) is 34.9 Å². The number of amides is 1. The maximum atomic E-state index is 12.7. The molecule has 0 aliphatic carbocycles. The van der Waals surface area contributed by atoms with Crippen LogP contribution in [-0.4, -0.2) is 56.5 Å². The van der Waals surface area contributed by atoms with Crippen molar-refractivity contribution in [3.63, 3.8) is 0 Å². The molecule has 2 heterocycles. The number of rotatable bonds is 5. The molecule has 1 aliphatic heterocycles. The Bertz CT molecular complexity index is 725. The molecule has 1 N–H and O–H groups in total. The Morgan fingerprint density at radius 3 is 2.75 bits per heavy atom. The Balaban J connectivity index is 2.18. The van der Waals surface area contributed by atoms with E-state index in [2.05, 4.69) is 4.72 Å². The molecule has 1 atom stereocenters. The highest BCUT2D eigenvalue weighted by atomic mass is 32.2. The molecule has 1 aromatic rings. The number of esters is 1. The van der Waals surface area contributed by atoms with E-state index in [0.29, 0.717) is 26.0 Å². The number of aryl methyl sites for hydroxylation is 1. The summed E-state index contributed by atoms with van der Waals surface area (Å²) in [5.41, 5.74) is 0.272. The van der Waals surface area contributed by atoms with E-state index in [1.54, 1.807) is 18.9 Å². The van der Waals surface area contributed by atoms with E-state index in [4.69, 9.17) is 4.74 Å². The van der Waals surface area contributed by atoms with Crippen molar-refractivity contribution in [1.29, 1.82) is 0 Å². The summed E-state index contributed by atoms with van der Waals surface area (Å²) in [7, 11) is -0.674. The zero-order valence-electron chi connectivity index (χ0n) is 14.1. The number of nitrogens with one attached hydrogen (secondary N) is 1. The van der Waals surface area contributed by atoms with Crippen LogP contribution >= 0.6 is 0 Å². The fourth-order valence-corrected chi connectivity index (χ4v) is 3.59. The maximum absolute atomic E-state index is 12.7. The number of hydrogen-bond donors (Lipinski definition) is 1. The summed E-state index contributed by atoms with van der Waals surface area (Å²) in [6.07, 6.45) is 2.79. The van der Waals surface area contributed by atoms with Crippen LogP contribution in [0.3, 0.4) is 0 Å². The lowest BCUT2D eigenvalue weighted by Gasteiger charge is -2.31. The number of carbonyl (C=O) groups is 2. The Kier molecular flexibility index (Phi) is 5.66. The number of aromatic nitrogens is 1. The van der Waals surface area contributed by atoms with Crippen molar-refractivity contribution in [3.8, 4) is 0 Å². The summed E-state index contributed by atoms with van der Waals surface area (Å²) in [4.78, 5) is 26.2. The van der Waals surface area contributed by atoms with Gasteiger partial charge in [0.15, 0.2) is 0 Å². The minimum absolute atomic E-state index is 0.0369. The fraction of sp³-hybridized carbons (Fsp3) is 0.600. The highest BCUT2D eigenvalue weighted by Gasteiger charge is 2.31. The number of ether oxygens (including phenoxy) is 1. The van der Waals surface area contributed by atoms with Crippen LogP contribution in [0.15, 0.2) is 17.2 Å². The van der Waals surface area contributed by atoms with Gasteiger partial charge in [0, 0.05) is 26.3 Å². The van der Waals surface area contributed by atoms with Crippen molar-refractivity contribution in [1.82, 2.24) is 14.2 Å². The van der Waals surface area contributed by atoms with Gasteiger partial charge in [-0.3, -0.25) is 9.59 Å². The predicted octanol–water partition coefficient (Wildman–Crippen LogP) is 0.349. The molecule has 0 saturated carbocycles. The van der Waals surface area contributed by atoms with E-state index in [1.165, 1.54) is 23.9 Å². The van der Waals surface area contributed by atoms with Crippen LogP contribution in [0.2, 0.25) is 0 Å². The van der Waals surface area contributed by atoms with Crippen LogP contribution < -0.4 is 4.72 Å². The summed E-state index contributed by atoms with van der Waals surface area (Å²) in [6.45, 7) is 2.88. The molecule has 1 aliphatic rings. The van der Waals surface area contributed by atoms with E-state index in [0.717, 1.165) is 0 Å². The van der Waals surface area contributed by atoms with E-state index < -0.39 is 10.0 Å². The number of carbonyl (C=O) groups excluding carboxylic acids is 2. The van der Waals surface area contributed by atoms with Gasteiger partial charge in [-0.05, 0) is 32.9 Å². The van der Waals surface area contributed by atoms with Crippen LogP contribution in [0.25, 0.3) is 0 Å². The molecule has 0 spiro atoms. The third-order valence-electron chi connectivity index (χ3n) is 4.11. The van der Waals surface area contributed by atoms with Gasteiger partial charge in [-0.1, -0.05) is 0 Å². The summed E-state index contributed by atoms with van der Waals surface area (Å²) < 4.78 is 32.5. The number of likely N-dealkylation sites (tertiary alicyclic amines) is 1. The minimum Gasteiger partial charge on any atom is -0.466 e. The molecule has 2 rings (SSSR count). The smallest absolute Gasteiger partial charge is 0.310 e. The normalized spacial score (nSPS) is 18.5. The van der Waals surface area contributed by atoms with Crippen LogP contribution in [0.1, 0.15) is 30.3 Å². The molecule has 0 bridgehead atoms. The quantitative estimate of drug-likeness (QED) is 0.767. The molecule has 1 aromatic heterocycles. The summed E-state index contributed by atoms with van der Waals surface area (Å²) in [5.74, 6) is -0.909. The SMILES string of the molecule is CCOC(=O)C1CCCN(C(=O)c2cc(S(=O)(=O)NC)cn2C)C1. The highest BCUT2D eigenvalue weighted by molar-refractivity contribution is 7.89. The monoisotopic (exact) mass is 357 g/mol. The van der Waals surface area contributed by atoms with Crippen molar-refractivity contribution < 1.29 is 22.7 Å². The van der Waals surface area contributed by atoms with Crippen molar-refractivity contribution >= 4 is 21.9 Å². The van der Waals surface area contributed by atoms with Gasteiger partial charge in [-0.2, -0.15) is 0 Å². The molecule has 1 unspecified atom stereocenters. The molecule has 1 amide bonds. The molecule has 1 saturated heterocycles. The second-order valence-corrected chi connectivity index (χ2v) is 7.61. The van der Waals surface area contributed by atoms with Crippen LogP contribution in [0.4, 0.5) is 0 Å². The lowest BCUT2D eigenvalue weighted by Crippen LogP contribution is -2.43. The van der Waals surface area contributed by atoms with Crippen molar-refractivity contribution in [2.75, 3.05) is 26.7 Å². The van der Waals surface area contributed by atoms with Gasteiger partial charge in [0.1, 0.15) is 10.6 Å². The van der Waals surface area contributed by atoms with Crippen LogP contribution in [0, 0.1) is 5.92 Å². The number of nitrogens with zero attached hydrogens (tertiary/aromatic N) is 2. The maximum Gasteiger partial charge on any atom is 0.310 e. The van der Waals surface area contributed by atoms with Gasteiger partial charge in [0.05, 0.1) is 12.5 Å². The Morgan fingerprint density at radius 1 is 1.42 bits per heavy atom. The van der Waals surface area contributed by atoms with Crippen LogP contribution in [-0.2, 0) is 26.6 Å². The third-order valence-corrected chi connectivity index (χ3v) is 5.49. The molecular weight excluding hydrogens is 334 g/mol. The Morgan fingerprint density at radius 2 is 2.12 bits per heavy atom. The predicted molar refractivity (Wildman–Crippen MR) is 86.9 cm³/mol. The summed E-state index contributed by atoms with van der Waals surface area (Å²) in [6, 6.07) is 1.35. The minimum atomic E-state index is -3.61. The van der Waals surface area contributed by atoms with Crippen molar-refractivity contribution in [2.45, 2.75) is 24.7 Å². The first-order valence-corrected chi connectivity index (χ1v) is 9.34. The molecule has 24 heavy (non-hydrogen) atoms. The van der Waals surface area contributed by atoms with Gasteiger partial charge in [0.2, 0.25) is 10.0 Å². The lowest BCUT2D eigenvalue weighted by molar-refractivity contribution is -0.149. The Labute approximate surface area is 141 Å². The van der Waals surface area contributed by atoms with Gasteiger partial charge >= 0.3 is 5.97 Å². The number of sulfonamides is 1. The molecular formula is C15H23N3O5S. The second kappa shape index (κ2) is 7.35. The lowest BCUT2D eigenvalue weighted by atomic mass is 9.98. The van der Waals surface area contributed by atoms with Crippen molar-refractivity contribution in [2.24, 2.45) is 13.0 Å². The highest BCUT2D eigenvalue weighted by Crippen LogP contribution is 2.21. The first-order chi connectivity index (χ1) is 11.3. The second-order valence-electron chi connectivity index (χ2n) is 5.72. The number of piperidine rings is 1. The van der Waals surface area contributed by atoms with Gasteiger partial charge in [0.25, 0.3) is 5.91 Å². The first kappa shape index (κ1) is 18.5. The summed E-state index contributed by atoms with van der Waals surface area (Å²) >= 11 is 0. The van der Waals surface area contributed by atoms with Crippen LogP contribution in [0.5, 0.6) is 0 Å². The largest absolute Gasteiger partial charge is 0.466 e. The van der Waals surface area contributed by atoms with Gasteiger partial charge in [-0.15, -0.1) is 0 Å². The third kappa shape index (κ3) is 3.78.